The third-order valence-corrected chi connectivity index (χ3v) is 1.98. The lowest BCUT2D eigenvalue weighted by molar-refractivity contribution is -0.274. The summed E-state index contributed by atoms with van der Waals surface area (Å²) in [6.45, 7) is 1.91. The van der Waals surface area contributed by atoms with E-state index in [1.807, 2.05) is 6.92 Å². The summed E-state index contributed by atoms with van der Waals surface area (Å²) in [5.74, 6) is -0.227. The van der Waals surface area contributed by atoms with Crippen molar-refractivity contribution in [3.8, 4) is 5.75 Å². The second-order valence-corrected chi connectivity index (χ2v) is 3.13. The molecule has 0 aliphatic heterocycles. The highest BCUT2D eigenvalue weighted by atomic mass is 35.5. The first-order valence-electron chi connectivity index (χ1n) is 4.53. The van der Waals surface area contributed by atoms with E-state index in [9.17, 15) is 13.2 Å². The Bertz CT molecular complexity index is 313. The summed E-state index contributed by atoms with van der Waals surface area (Å²) in [7, 11) is 0. The van der Waals surface area contributed by atoms with Crippen molar-refractivity contribution in [2.24, 2.45) is 5.73 Å². The number of alkyl halides is 3. The van der Waals surface area contributed by atoms with E-state index in [1.165, 1.54) is 24.3 Å². The number of halogens is 4. The molecule has 0 bridgehead atoms. The molecule has 0 unspecified atom stereocenters. The molecule has 0 aliphatic rings. The van der Waals surface area contributed by atoms with E-state index in [4.69, 9.17) is 5.73 Å². The molecule has 6 heteroatoms. The SMILES string of the molecule is CC[C@@H](N)c1ccc(OC(F)(F)F)cc1.Cl. The summed E-state index contributed by atoms with van der Waals surface area (Å²) < 4.78 is 39.2. The second kappa shape index (κ2) is 5.96. The molecule has 1 aromatic rings. The van der Waals surface area contributed by atoms with Crippen LogP contribution in [0.4, 0.5) is 13.2 Å². The van der Waals surface area contributed by atoms with Crippen LogP contribution in [-0.4, -0.2) is 6.36 Å². The maximum Gasteiger partial charge on any atom is 0.573 e. The minimum Gasteiger partial charge on any atom is -0.406 e. The quantitative estimate of drug-likeness (QED) is 0.898. The highest BCUT2D eigenvalue weighted by Gasteiger charge is 2.30. The van der Waals surface area contributed by atoms with Gasteiger partial charge >= 0.3 is 6.36 Å². The van der Waals surface area contributed by atoms with Crippen LogP contribution in [0.25, 0.3) is 0 Å². The average molecular weight is 256 g/mol. The van der Waals surface area contributed by atoms with E-state index in [2.05, 4.69) is 4.74 Å². The van der Waals surface area contributed by atoms with Crippen molar-refractivity contribution >= 4 is 12.4 Å². The summed E-state index contributed by atoms with van der Waals surface area (Å²) >= 11 is 0. The summed E-state index contributed by atoms with van der Waals surface area (Å²) in [4.78, 5) is 0. The summed E-state index contributed by atoms with van der Waals surface area (Å²) in [6.07, 6.45) is -3.91. The Morgan fingerprint density at radius 1 is 1.25 bits per heavy atom. The molecule has 0 radical (unpaired) electrons. The van der Waals surface area contributed by atoms with Gasteiger partial charge in [-0.15, -0.1) is 25.6 Å². The van der Waals surface area contributed by atoms with Crippen LogP contribution in [-0.2, 0) is 0 Å². The predicted molar refractivity (Wildman–Crippen MR) is 57.6 cm³/mol. The Hall–Kier alpha value is -0.940. The fourth-order valence-corrected chi connectivity index (χ4v) is 1.15. The summed E-state index contributed by atoms with van der Waals surface area (Å²) in [5, 5.41) is 0. The standard InChI is InChI=1S/C10H12F3NO.ClH/c1-2-9(14)7-3-5-8(6-4-7)15-10(11,12)13;/h3-6,9H,2,14H2,1H3;1H/t9-;/m1./s1. The van der Waals surface area contributed by atoms with Gasteiger partial charge in [-0.2, -0.15) is 0 Å². The first kappa shape index (κ1) is 15.1. The van der Waals surface area contributed by atoms with Crippen molar-refractivity contribution in [1.82, 2.24) is 0 Å². The zero-order valence-electron chi connectivity index (χ0n) is 8.62. The third kappa shape index (κ3) is 4.72. The lowest BCUT2D eigenvalue weighted by atomic mass is 10.1. The number of hydrogen-bond donors (Lipinski definition) is 1. The first-order valence-corrected chi connectivity index (χ1v) is 4.53. The fourth-order valence-electron chi connectivity index (χ4n) is 1.15. The zero-order valence-corrected chi connectivity index (χ0v) is 9.44. The van der Waals surface area contributed by atoms with Gasteiger partial charge in [-0.3, -0.25) is 0 Å². The van der Waals surface area contributed by atoms with Crippen LogP contribution in [0.15, 0.2) is 24.3 Å². The Morgan fingerprint density at radius 3 is 2.12 bits per heavy atom. The van der Waals surface area contributed by atoms with Crippen molar-refractivity contribution in [2.45, 2.75) is 25.7 Å². The smallest absolute Gasteiger partial charge is 0.406 e. The van der Waals surface area contributed by atoms with Gasteiger partial charge in [0.15, 0.2) is 0 Å². The van der Waals surface area contributed by atoms with Gasteiger partial charge in [-0.1, -0.05) is 19.1 Å². The van der Waals surface area contributed by atoms with Crippen LogP contribution in [0.1, 0.15) is 24.9 Å². The van der Waals surface area contributed by atoms with Gasteiger partial charge in [0.05, 0.1) is 0 Å². The highest BCUT2D eigenvalue weighted by Crippen LogP contribution is 2.24. The molecule has 1 rings (SSSR count). The van der Waals surface area contributed by atoms with Crippen molar-refractivity contribution in [3.05, 3.63) is 29.8 Å². The monoisotopic (exact) mass is 255 g/mol. The van der Waals surface area contributed by atoms with E-state index < -0.39 is 6.36 Å². The maximum atomic E-state index is 11.8. The molecular weight excluding hydrogens is 243 g/mol. The molecule has 1 atom stereocenters. The van der Waals surface area contributed by atoms with Gasteiger partial charge in [-0.05, 0) is 24.1 Å². The van der Waals surface area contributed by atoms with Gasteiger partial charge in [0, 0.05) is 6.04 Å². The van der Waals surface area contributed by atoms with Gasteiger partial charge in [0.2, 0.25) is 0 Å². The Morgan fingerprint density at radius 2 is 1.75 bits per heavy atom. The summed E-state index contributed by atoms with van der Waals surface area (Å²) in [5.41, 5.74) is 6.51. The van der Waals surface area contributed by atoms with E-state index in [0.29, 0.717) is 0 Å². The van der Waals surface area contributed by atoms with Crippen LogP contribution in [0.3, 0.4) is 0 Å². The molecule has 2 N–H and O–H groups in total. The van der Waals surface area contributed by atoms with Gasteiger partial charge in [-0.25, -0.2) is 0 Å². The molecule has 2 nitrogen and oxygen atoms in total. The van der Waals surface area contributed by atoms with Crippen molar-refractivity contribution in [3.63, 3.8) is 0 Å². The molecule has 0 saturated carbocycles. The molecular formula is C10H13ClF3NO. The zero-order chi connectivity index (χ0) is 11.5. The number of rotatable bonds is 3. The third-order valence-electron chi connectivity index (χ3n) is 1.98. The van der Waals surface area contributed by atoms with Crippen LogP contribution < -0.4 is 10.5 Å². The number of ether oxygens (including phenoxy) is 1. The summed E-state index contributed by atoms with van der Waals surface area (Å²) in [6, 6.07) is 5.45. The molecule has 0 aromatic heterocycles. The van der Waals surface area contributed by atoms with Crippen molar-refractivity contribution in [1.29, 1.82) is 0 Å². The maximum absolute atomic E-state index is 11.8. The molecule has 0 aliphatic carbocycles. The number of benzene rings is 1. The fraction of sp³-hybridized carbons (Fsp3) is 0.400. The average Bonchev–Trinajstić information content (AvgIpc) is 2.15. The second-order valence-electron chi connectivity index (χ2n) is 3.13. The molecule has 0 spiro atoms. The molecule has 16 heavy (non-hydrogen) atoms. The van der Waals surface area contributed by atoms with Gasteiger partial charge in [0.1, 0.15) is 5.75 Å². The lowest BCUT2D eigenvalue weighted by Gasteiger charge is -2.11. The highest BCUT2D eigenvalue weighted by molar-refractivity contribution is 5.85. The Kier molecular flexibility index (Phi) is 5.61. The van der Waals surface area contributed by atoms with Crippen LogP contribution in [0.5, 0.6) is 5.75 Å². The minimum atomic E-state index is -4.64. The molecule has 1 aromatic carbocycles. The van der Waals surface area contributed by atoms with E-state index in [0.717, 1.165) is 12.0 Å². The van der Waals surface area contributed by atoms with Crippen molar-refractivity contribution < 1.29 is 17.9 Å². The molecule has 0 amide bonds. The normalized spacial score (nSPS) is 12.8. The topological polar surface area (TPSA) is 35.2 Å². The van der Waals surface area contributed by atoms with Crippen molar-refractivity contribution in [2.75, 3.05) is 0 Å². The van der Waals surface area contributed by atoms with E-state index in [-0.39, 0.29) is 24.2 Å². The predicted octanol–water partition coefficient (Wildman–Crippen LogP) is 3.42. The molecule has 0 heterocycles. The largest absolute Gasteiger partial charge is 0.573 e. The number of nitrogens with two attached hydrogens (primary N) is 1. The Balaban J connectivity index is 0.00000225. The van der Waals surface area contributed by atoms with Gasteiger partial charge in [0.25, 0.3) is 0 Å². The Labute approximate surface area is 98.0 Å². The van der Waals surface area contributed by atoms with Crippen LogP contribution >= 0.6 is 12.4 Å². The van der Waals surface area contributed by atoms with E-state index >= 15 is 0 Å². The molecule has 0 saturated heterocycles. The lowest BCUT2D eigenvalue weighted by Crippen LogP contribution is -2.17. The minimum absolute atomic E-state index is 0. The molecule has 0 fully saturated rings. The van der Waals surface area contributed by atoms with Crippen LogP contribution in [0, 0.1) is 0 Å². The molecule has 92 valence electrons. The first-order chi connectivity index (χ1) is 6.92. The van der Waals surface area contributed by atoms with E-state index in [1.54, 1.807) is 0 Å². The van der Waals surface area contributed by atoms with Crippen LogP contribution in [0.2, 0.25) is 0 Å². The van der Waals surface area contributed by atoms with Gasteiger partial charge < -0.3 is 10.5 Å². The number of hydrogen-bond acceptors (Lipinski definition) is 2.